The SMILES string of the molecule is Cc1ccc(-n2cc(-c3ccc(C(=O)NCc4ccco4)cn3)cn2)cc1. The zero-order valence-electron chi connectivity index (χ0n) is 14.8. The highest BCUT2D eigenvalue weighted by Crippen LogP contribution is 2.18. The highest BCUT2D eigenvalue weighted by molar-refractivity contribution is 5.94. The third-order valence-corrected chi connectivity index (χ3v) is 4.21. The first-order chi connectivity index (χ1) is 13.2. The summed E-state index contributed by atoms with van der Waals surface area (Å²) in [4.78, 5) is 16.6. The molecule has 6 nitrogen and oxygen atoms in total. The van der Waals surface area contributed by atoms with Gasteiger partial charge in [-0.2, -0.15) is 5.10 Å². The Hall–Kier alpha value is -3.67. The lowest BCUT2D eigenvalue weighted by Gasteiger charge is -2.04. The van der Waals surface area contributed by atoms with E-state index in [1.165, 1.54) is 5.56 Å². The molecule has 0 radical (unpaired) electrons. The van der Waals surface area contributed by atoms with Gasteiger partial charge in [0.15, 0.2) is 0 Å². The molecule has 4 aromatic rings. The van der Waals surface area contributed by atoms with Crippen LogP contribution < -0.4 is 5.32 Å². The molecule has 0 unspecified atom stereocenters. The predicted octanol–water partition coefficient (Wildman–Crippen LogP) is 3.77. The molecule has 3 heterocycles. The summed E-state index contributed by atoms with van der Waals surface area (Å²) < 4.78 is 7.01. The molecule has 134 valence electrons. The summed E-state index contributed by atoms with van der Waals surface area (Å²) >= 11 is 0. The summed E-state index contributed by atoms with van der Waals surface area (Å²) in [6, 6.07) is 15.3. The van der Waals surface area contributed by atoms with Crippen LogP contribution >= 0.6 is 0 Å². The van der Waals surface area contributed by atoms with Gasteiger partial charge in [-0.05, 0) is 43.3 Å². The molecule has 27 heavy (non-hydrogen) atoms. The number of hydrogen-bond donors (Lipinski definition) is 1. The number of furan rings is 1. The third-order valence-electron chi connectivity index (χ3n) is 4.21. The highest BCUT2D eigenvalue weighted by atomic mass is 16.3. The van der Waals surface area contributed by atoms with Gasteiger partial charge in [0, 0.05) is 18.0 Å². The van der Waals surface area contributed by atoms with E-state index in [4.69, 9.17) is 4.42 Å². The lowest BCUT2D eigenvalue weighted by atomic mass is 10.2. The Kier molecular flexibility index (Phi) is 4.53. The van der Waals surface area contributed by atoms with Gasteiger partial charge in [-0.25, -0.2) is 4.68 Å². The van der Waals surface area contributed by atoms with Gasteiger partial charge in [-0.15, -0.1) is 0 Å². The van der Waals surface area contributed by atoms with Crippen molar-refractivity contribution in [3.8, 4) is 16.9 Å². The van der Waals surface area contributed by atoms with Gasteiger partial charge in [0.1, 0.15) is 5.76 Å². The molecule has 6 heteroatoms. The maximum Gasteiger partial charge on any atom is 0.253 e. The molecule has 0 saturated heterocycles. The van der Waals surface area contributed by atoms with Crippen molar-refractivity contribution in [1.29, 1.82) is 0 Å². The summed E-state index contributed by atoms with van der Waals surface area (Å²) in [7, 11) is 0. The van der Waals surface area contributed by atoms with E-state index in [0.717, 1.165) is 16.9 Å². The van der Waals surface area contributed by atoms with Gasteiger partial charge >= 0.3 is 0 Å². The first kappa shape index (κ1) is 16.8. The molecule has 0 aliphatic heterocycles. The Labute approximate surface area is 156 Å². The number of rotatable bonds is 5. The molecule has 1 amide bonds. The van der Waals surface area contributed by atoms with Crippen molar-refractivity contribution in [3.63, 3.8) is 0 Å². The number of pyridine rings is 1. The van der Waals surface area contributed by atoms with Gasteiger partial charge in [0.05, 0.1) is 35.9 Å². The number of nitrogens with zero attached hydrogens (tertiary/aromatic N) is 3. The van der Waals surface area contributed by atoms with Gasteiger partial charge in [-0.1, -0.05) is 17.7 Å². The number of aryl methyl sites for hydroxylation is 1. The van der Waals surface area contributed by atoms with Crippen molar-refractivity contribution in [1.82, 2.24) is 20.1 Å². The summed E-state index contributed by atoms with van der Waals surface area (Å²) in [5.41, 5.74) is 4.33. The van der Waals surface area contributed by atoms with E-state index in [-0.39, 0.29) is 5.91 Å². The van der Waals surface area contributed by atoms with Crippen molar-refractivity contribution in [3.05, 3.63) is 90.3 Å². The molecule has 4 rings (SSSR count). The summed E-state index contributed by atoms with van der Waals surface area (Å²) in [5.74, 6) is 0.511. The quantitative estimate of drug-likeness (QED) is 0.589. The molecule has 0 bridgehead atoms. The summed E-state index contributed by atoms with van der Waals surface area (Å²) in [6.07, 6.45) is 6.83. The normalized spacial score (nSPS) is 10.7. The van der Waals surface area contributed by atoms with E-state index in [2.05, 4.69) is 22.3 Å². The van der Waals surface area contributed by atoms with Crippen LogP contribution in [0, 0.1) is 6.92 Å². The van der Waals surface area contributed by atoms with Crippen LogP contribution in [-0.2, 0) is 6.54 Å². The fourth-order valence-electron chi connectivity index (χ4n) is 2.68. The first-order valence-corrected chi connectivity index (χ1v) is 8.58. The van der Waals surface area contributed by atoms with Crippen LogP contribution in [0.5, 0.6) is 0 Å². The smallest absolute Gasteiger partial charge is 0.253 e. The van der Waals surface area contributed by atoms with Crippen LogP contribution in [0.2, 0.25) is 0 Å². The molecule has 0 atom stereocenters. The van der Waals surface area contributed by atoms with Crippen LogP contribution in [0.3, 0.4) is 0 Å². The molecule has 0 aliphatic carbocycles. The van der Waals surface area contributed by atoms with Gasteiger partial charge in [0.2, 0.25) is 0 Å². The number of hydrogen-bond acceptors (Lipinski definition) is 4. The van der Waals surface area contributed by atoms with E-state index < -0.39 is 0 Å². The second-order valence-corrected chi connectivity index (χ2v) is 6.20. The largest absolute Gasteiger partial charge is 0.467 e. The van der Waals surface area contributed by atoms with Gasteiger partial charge in [0.25, 0.3) is 5.91 Å². The second-order valence-electron chi connectivity index (χ2n) is 6.20. The van der Waals surface area contributed by atoms with Crippen LogP contribution in [0.1, 0.15) is 21.7 Å². The average molecular weight is 358 g/mol. The Balaban J connectivity index is 1.46. The molecular formula is C21H18N4O2. The number of nitrogens with one attached hydrogen (secondary N) is 1. The zero-order valence-corrected chi connectivity index (χ0v) is 14.8. The maximum atomic E-state index is 12.2. The Morgan fingerprint density at radius 3 is 2.67 bits per heavy atom. The Bertz CT molecular complexity index is 1030. The van der Waals surface area contributed by atoms with E-state index >= 15 is 0 Å². The number of aromatic nitrogens is 3. The number of carbonyl (C=O) groups is 1. The Morgan fingerprint density at radius 1 is 1.11 bits per heavy atom. The van der Waals surface area contributed by atoms with Crippen LogP contribution in [-0.4, -0.2) is 20.7 Å². The van der Waals surface area contributed by atoms with Crippen molar-refractivity contribution < 1.29 is 9.21 Å². The van der Waals surface area contributed by atoms with E-state index in [9.17, 15) is 4.79 Å². The van der Waals surface area contributed by atoms with Crippen LogP contribution in [0.25, 0.3) is 16.9 Å². The van der Waals surface area contributed by atoms with Crippen molar-refractivity contribution in [2.24, 2.45) is 0 Å². The fraction of sp³-hybridized carbons (Fsp3) is 0.0952. The number of amides is 1. The summed E-state index contributed by atoms with van der Waals surface area (Å²) in [6.45, 7) is 2.39. The molecule has 1 aromatic carbocycles. The maximum absolute atomic E-state index is 12.2. The van der Waals surface area contributed by atoms with Crippen LogP contribution in [0.15, 0.2) is 77.8 Å². The second kappa shape index (κ2) is 7.29. The predicted molar refractivity (Wildman–Crippen MR) is 101 cm³/mol. The van der Waals surface area contributed by atoms with Crippen molar-refractivity contribution in [2.45, 2.75) is 13.5 Å². The molecule has 0 fully saturated rings. The summed E-state index contributed by atoms with van der Waals surface area (Å²) in [5, 5.41) is 7.20. The van der Waals surface area contributed by atoms with E-state index in [0.29, 0.717) is 17.9 Å². The van der Waals surface area contributed by atoms with Gasteiger partial charge < -0.3 is 9.73 Å². The fourth-order valence-corrected chi connectivity index (χ4v) is 2.68. The number of benzene rings is 1. The standard InChI is InChI=1S/C21H18N4O2/c1-15-4-7-18(8-5-15)25-14-17(12-24-25)20-9-6-16(11-22-20)21(26)23-13-19-3-2-10-27-19/h2-12,14H,13H2,1H3,(H,23,26). The molecule has 0 spiro atoms. The minimum absolute atomic E-state index is 0.194. The lowest BCUT2D eigenvalue weighted by Crippen LogP contribution is -2.22. The molecule has 3 aromatic heterocycles. The first-order valence-electron chi connectivity index (χ1n) is 8.58. The topological polar surface area (TPSA) is 73.0 Å². The zero-order chi connectivity index (χ0) is 18.6. The van der Waals surface area contributed by atoms with E-state index in [1.807, 2.05) is 42.6 Å². The van der Waals surface area contributed by atoms with E-state index in [1.54, 1.807) is 35.5 Å². The average Bonchev–Trinajstić information content (AvgIpc) is 3.39. The molecule has 0 saturated carbocycles. The van der Waals surface area contributed by atoms with Crippen molar-refractivity contribution in [2.75, 3.05) is 0 Å². The Morgan fingerprint density at radius 2 is 1.96 bits per heavy atom. The monoisotopic (exact) mass is 358 g/mol. The molecule has 1 N–H and O–H groups in total. The van der Waals surface area contributed by atoms with Crippen LogP contribution in [0.4, 0.5) is 0 Å². The third kappa shape index (κ3) is 3.79. The molecule has 0 aliphatic rings. The van der Waals surface area contributed by atoms with Gasteiger partial charge in [-0.3, -0.25) is 9.78 Å². The highest BCUT2D eigenvalue weighted by Gasteiger charge is 2.09. The minimum atomic E-state index is -0.194. The minimum Gasteiger partial charge on any atom is -0.467 e. The number of carbonyl (C=O) groups excluding carboxylic acids is 1. The molecular weight excluding hydrogens is 340 g/mol. The lowest BCUT2D eigenvalue weighted by molar-refractivity contribution is 0.0947. The van der Waals surface area contributed by atoms with Crippen molar-refractivity contribution >= 4 is 5.91 Å².